The Kier molecular flexibility index (Phi) is 5.87. The second-order valence-electron chi connectivity index (χ2n) is 4.51. The zero-order valence-electron chi connectivity index (χ0n) is 10.1. The topological polar surface area (TPSA) is 58.2 Å². The van der Waals surface area contributed by atoms with Gasteiger partial charge in [0.1, 0.15) is 0 Å². The molecule has 0 saturated carbocycles. The van der Waals surface area contributed by atoms with Gasteiger partial charge in [-0.25, -0.2) is 13.1 Å². The lowest BCUT2D eigenvalue weighted by Gasteiger charge is -2.11. The van der Waals surface area contributed by atoms with Crippen molar-refractivity contribution >= 4 is 10.0 Å². The third kappa shape index (κ3) is 7.17. The summed E-state index contributed by atoms with van der Waals surface area (Å²) in [5.74, 6) is -0.468. The Morgan fingerprint density at radius 1 is 1.33 bits per heavy atom. The normalized spacial score (nSPS) is 21.4. The van der Waals surface area contributed by atoms with E-state index in [-0.39, 0.29) is 13.0 Å². The van der Waals surface area contributed by atoms with Crippen molar-refractivity contribution in [3.05, 3.63) is 0 Å². The van der Waals surface area contributed by atoms with E-state index in [1.165, 1.54) is 0 Å². The van der Waals surface area contributed by atoms with Crippen LogP contribution in [0.2, 0.25) is 0 Å². The fourth-order valence-electron chi connectivity index (χ4n) is 1.93. The highest BCUT2D eigenvalue weighted by molar-refractivity contribution is 7.89. The van der Waals surface area contributed by atoms with E-state index in [9.17, 15) is 21.6 Å². The summed E-state index contributed by atoms with van der Waals surface area (Å²) in [5.41, 5.74) is 0. The highest BCUT2D eigenvalue weighted by atomic mass is 32.2. The maximum absolute atomic E-state index is 11.9. The van der Waals surface area contributed by atoms with Gasteiger partial charge in [-0.3, -0.25) is 0 Å². The zero-order chi connectivity index (χ0) is 13.6. The lowest BCUT2D eigenvalue weighted by atomic mass is 10.2. The summed E-state index contributed by atoms with van der Waals surface area (Å²) in [6, 6.07) is 0.322. The van der Waals surface area contributed by atoms with E-state index in [0.717, 1.165) is 19.4 Å². The molecule has 0 amide bonds. The highest BCUT2D eigenvalue weighted by Gasteiger charge is 2.27. The van der Waals surface area contributed by atoms with Crippen LogP contribution in [-0.2, 0) is 10.0 Å². The fourth-order valence-corrected chi connectivity index (χ4v) is 3.02. The highest BCUT2D eigenvalue weighted by Crippen LogP contribution is 2.21. The molecular formula is C10H19F3N2O2S. The van der Waals surface area contributed by atoms with Crippen molar-refractivity contribution in [1.82, 2.24) is 10.0 Å². The third-order valence-corrected chi connectivity index (χ3v) is 4.32. The number of alkyl halides is 3. The van der Waals surface area contributed by atoms with Crippen molar-refractivity contribution in [3.63, 3.8) is 0 Å². The number of hydrogen-bond donors (Lipinski definition) is 2. The molecule has 0 bridgehead atoms. The van der Waals surface area contributed by atoms with Crippen LogP contribution in [0.25, 0.3) is 0 Å². The minimum atomic E-state index is -4.29. The summed E-state index contributed by atoms with van der Waals surface area (Å²) in [7, 11) is -3.57. The standard InChI is InChI=1S/C10H19F3N2O2S/c11-10(12,13)5-2-8-18(16,17)15-7-4-9-3-1-6-14-9/h9,14-15H,1-8H2/t9-/m0/s1. The molecule has 1 aliphatic heterocycles. The van der Waals surface area contributed by atoms with E-state index in [2.05, 4.69) is 10.0 Å². The van der Waals surface area contributed by atoms with E-state index >= 15 is 0 Å². The van der Waals surface area contributed by atoms with Crippen molar-refractivity contribution in [2.24, 2.45) is 0 Å². The van der Waals surface area contributed by atoms with Gasteiger partial charge in [0.25, 0.3) is 0 Å². The van der Waals surface area contributed by atoms with Gasteiger partial charge in [0, 0.05) is 19.0 Å². The molecule has 1 saturated heterocycles. The SMILES string of the molecule is O=S(=O)(CCCC(F)(F)F)NCC[C@@H]1CCCN1. The number of sulfonamides is 1. The minimum Gasteiger partial charge on any atom is -0.314 e. The second-order valence-corrected chi connectivity index (χ2v) is 6.44. The van der Waals surface area contributed by atoms with Gasteiger partial charge >= 0.3 is 6.18 Å². The minimum absolute atomic E-state index is 0.284. The van der Waals surface area contributed by atoms with Crippen LogP contribution in [0.3, 0.4) is 0 Å². The molecule has 18 heavy (non-hydrogen) atoms. The van der Waals surface area contributed by atoms with Crippen molar-refractivity contribution in [2.75, 3.05) is 18.8 Å². The smallest absolute Gasteiger partial charge is 0.314 e. The number of halogens is 3. The van der Waals surface area contributed by atoms with Crippen LogP contribution in [-0.4, -0.2) is 39.5 Å². The summed E-state index contributed by atoms with van der Waals surface area (Å²) < 4.78 is 60.7. The molecule has 0 aromatic heterocycles. The van der Waals surface area contributed by atoms with E-state index in [1.807, 2.05) is 0 Å². The van der Waals surface area contributed by atoms with Gasteiger partial charge in [0.2, 0.25) is 10.0 Å². The first kappa shape index (κ1) is 15.7. The first-order valence-electron chi connectivity index (χ1n) is 6.06. The van der Waals surface area contributed by atoms with Crippen LogP contribution < -0.4 is 10.0 Å². The first-order valence-corrected chi connectivity index (χ1v) is 7.71. The molecule has 1 rings (SSSR count). The molecule has 1 fully saturated rings. The predicted molar refractivity (Wildman–Crippen MR) is 62.7 cm³/mol. The van der Waals surface area contributed by atoms with Gasteiger partial charge < -0.3 is 5.32 Å². The van der Waals surface area contributed by atoms with E-state index in [4.69, 9.17) is 0 Å². The van der Waals surface area contributed by atoms with Crippen LogP contribution in [0.1, 0.15) is 32.1 Å². The Hall–Kier alpha value is -0.340. The number of rotatable bonds is 7. The van der Waals surface area contributed by atoms with Crippen molar-refractivity contribution in [1.29, 1.82) is 0 Å². The van der Waals surface area contributed by atoms with Crippen LogP contribution in [0, 0.1) is 0 Å². The van der Waals surface area contributed by atoms with Crippen LogP contribution in [0.5, 0.6) is 0 Å². The molecule has 0 spiro atoms. The van der Waals surface area contributed by atoms with Gasteiger partial charge in [-0.05, 0) is 32.2 Å². The van der Waals surface area contributed by atoms with E-state index in [0.29, 0.717) is 12.5 Å². The monoisotopic (exact) mass is 288 g/mol. The van der Waals surface area contributed by atoms with E-state index < -0.39 is 28.4 Å². The Labute approximate surface area is 105 Å². The summed E-state index contributed by atoms with van der Waals surface area (Å²) >= 11 is 0. The Morgan fingerprint density at radius 3 is 2.61 bits per heavy atom. The lowest BCUT2D eigenvalue weighted by Crippen LogP contribution is -2.32. The van der Waals surface area contributed by atoms with Gasteiger partial charge in [-0.2, -0.15) is 13.2 Å². The maximum atomic E-state index is 11.9. The molecule has 4 nitrogen and oxygen atoms in total. The Morgan fingerprint density at radius 2 is 2.06 bits per heavy atom. The third-order valence-electron chi connectivity index (χ3n) is 2.85. The van der Waals surface area contributed by atoms with Crippen LogP contribution >= 0.6 is 0 Å². The fraction of sp³-hybridized carbons (Fsp3) is 1.00. The maximum Gasteiger partial charge on any atom is 0.389 e. The number of hydrogen-bond acceptors (Lipinski definition) is 3. The predicted octanol–water partition coefficient (Wildman–Crippen LogP) is 1.39. The molecule has 1 atom stereocenters. The van der Waals surface area contributed by atoms with Gasteiger partial charge in [-0.1, -0.05) is 0 Å². The van der Waals surface area contributed by atoms with Gasteiger partial charge in [0.05, 0.1) is 5.75 Å². The van der Waals surface area contributed by atoms with Crippen LogP contribution in [0.15, 0.2) is 0 Å². The molecule has 1 heterocycles. The Bertz CT molecular complexity index is 338. The number of nitrogens with one attached hydrogen (secondary N) is 2. The van der Waals surface area contributed by atoms with E-state index in [1.54, 1.807) is 0 Å². The lowest BCUT2D eigenvalue weighted by molar-refractivity contribution is -0.134. The first-order chi connectivity index (χ1) is 8.29. The van der Waals surface area contributed by atoms with Crippen molar-refractivity contribution < 1.29 is 21.6 Å². The molecule has 0 aromatic carbocycles. The summed E-state index contributed by atoms with van der Waals surface area (Å²) in [6.07, 6.45) is -2.95. The summed E-state index contributed by atoms with van der Waals surface area (Å²) in [6.45, 7) is 1.23. The zero-order valence-corrected chi connectivity index (χ0v) is 10.9. The van der Waals surface area contributed by atoms with Crippen molar-refractivity contribution in [2.45, 2.75) is 44.3 Å². The molecule has 0 aliphatic carbocycles. The second kappa shape index (κ2) is 6.72. The molecule has 1 aliphatic rings. The molecule has 8 heteroatoms. The van der Waals surface area contributed by atoms with Gasteiger partial charge in [-0.15, -0.1) is 0 Å². The summed E-state index contributed by atoms with van der Waals surface area (Å²) in [4.78, 5) is 0. The molecule has 0 unspecified atom stereocenters. The molecule has 0 aromatic rings. The van der Waals surface area contributed by atoms with Crippen LogP contribution in [0.4, 0.5) is 13.2 Å². The largest absolute Gasteiger partial charge is 0.389 e. The molecule has 2 N–H and O–H groups in total. The quantitative estimate of drug-likeness (QED) is 0.744. The van der Waals surface area contributed by atoms with Crippen molar-refractivity contribution in [3.8, 4) is 0 Å². The van der Waals surface area contributed by atoms with Gasteiger partial charge in [0.15, 0.2) is 0 Å². The average Bonchev–Trinajstić information content (AvgIpc) is 2.67. The average molecular weight is 288 g/mol. The Balaban J connectivity index is 2.14. The summed E-state index contributed by atoms with van der Waals surface area (Å²) in [5, 5.41) is 3.22. The molecular weight excluding hydrogens is 269 g/mol. The molecule has 108 valence electrons. The molecule has 0 radical (unpaired) electrons.